The Balaban J connectivity index is 2.16. The van der Waals surface area contributed by atoms with Crippen LogP contribution in [0, 0.1) is 0 Å². The first-order valence-electron chi connectivity index (χ1n) is 8.49. The van der Waals surface area contributed by atoms with Crippen molar-refractivity contribution in [1.82, 2.24) is 19.5 Å². The van der Waals surface area contributed by atoms with Crippen molar-refractivity contribution >= 4 is 16.0 Å². The Bertz CT molecular complexity index is 858. The maximum Gasteiger partial charge on any atom is 0.240 e. The quantitative estimate of drug-likeness (QED) is 0.567. The van der Waals surface area contributed by atoms with Crippen LogP contribution in [0.1, 0.15) is 18.2 Å². The predicted molar refractivity (Wildman–Crippen MR) is 104 cm³/mol. The topological polar surface area (TPSA) is 78.7 Å². The molecule has 0 bridgehead atoms. The maximum atomic E-state index is 11.9. The number of nitrogens with zero attached hydrogens (tertiary/aromatic N) is 3. The van der Waals surface area contributed by atoms with Gasteiger partial charge in [-0.3, -0.25) is 0 Å². The van der Waals surface area contributed by atoms with Crippen LogP contribution in [0.3, 0.4) is 0 Å². The Morgan fingerprint density at radius 1 is 1.27 bits per heavy atom. The molecular formula is C18H27N5O2S. The van der Waals surface area contributed by atoms with Crippen LogP contribution in [0.25, 0.3) is 0 Å². The summed E-state index contributed by atoms with van der Waals surface area (Å²) in [5.74, 6) is 0.774. The van der Waals surface area contributed by atoms with Gasteiger partial charge in [-0.15, -0.1) is 0 Å². The number of aromatic nitrogens is 1. The maximum absolute atomic E-state index is 11.9. The lowest BCUT2D eigenvalue weighted by Crippen LogP contribution is -2.38. The van der Waals surface area contributed by atoms with E-state index in [0.29, 0.717) is 6.54 Å². The third-order valence-corrected chi connectivity index (χ3v) is 5.45. The molecular weight excluding hydrogens is 350 g/mol. The highest BCUT2D eigenvalue weighted by Crippen LogP contribution is 2.12. The van der Waals surface area contributed by atoms with Crippen LogP contribution in [0.4, 0.5) is 0 Å². The van der Waals surface area contributed by atoms with Crippen LogP contribution in [-0.2, 0) is 30.2 Å². The number of rotatable bonds is 7. The molecule has 0 aliphatic carbocycles. The summed E-state index contributed by atoms with van der Waals surface area (Å²) in [6.07, 6.45) is 2.01. The minimum absolute atomic E-state index is 0.245. The summed E-state index contributed by atoms with van der Waals surface area (Å²) < 4.78 is 28.3. The van der Waals surface area contributed by atoms with E-state index in [1.165, 1.54) is 12.7 Å². The van der Waals surface area contributed by atoms with E-state index in [1.807, 2.05) is 44.2 Å². The van der Waals surface area contributed by atoms with Crippen molar-refractivity contribution in [2.75, 3.05) is 20.6 Å². The summed E-state index contributed by atoms with van der Waals surface area (Å²) in [5, 5.41) is 3.28. The van der Waals surface area contributed by atoms with Gasteiger partial charge in [0.2, 0.25) is 10.0 Å². The Hall–Kier alpha value is -2.32. The third kappa shape index (κ3) is 5.09. The molecule has 8 heteroatoms. The lowest BCUT2D eigenvalue weighted by Gasteiger charge is -2.22. The van der Waals surface area contributed by atoms with Gasteiger partial charge in [0, 0.05) is 32.5 Å². The average Bonchev–Trinajstić information content (AvgIpc) is 3.03. The summed E-state index contributed by atoms with van der Waals surface area (Å²) in [7, 11) is 1.95. The van der Waals surface area contributed by atoms with Gasteiger partial charge >= 0.3 is 0 Å². The van der Waals surface area contributed by atoms with E-state index in [9.17, 15) is 8.42 Å². The summed E-state index contributed by atoms with van der Waals surface area (Å²) in [6.45, 7) is 3.90. The van der Waals surface area contributed by atoms with E-state index >= 15 is 0 Å². The zero-order valence-electron chi connectivity index (χ0n) is 15.7. The smallest absolute Gasteiger partial charge is 0.240 e. The molecule has 0 aliphatic heterocycles. The van der Waals surface area contributed by atoms with Gasteiger partial charge in [0.25, 0.3) is 0 Å². The van der Waals surface area contributed by atoms with Crippen LogP contribution < -0.4 is 10.0 Å². The molecule has 1 aromatic carbocycles. The summed E-state index contributed by atoms with van der Waals surface area (Å²) in [4.78, 5) is 6.94. The first kappa shape index (κ1) is 20.0. The van der Waals surface area contributed by atoms with Crippen LogP contribution in [0.2, 0.25) is 0 Å². The predicted octanol–water partition coefficient (Wildman–Crippen LogP) is 1.53. The minimum Gasteiger partial charge on any atom is -0.357 e. The van der Waals surface area contributed by atoms with Gasteiger partial charge in [0.05, 0.1) is 18.0 Å². The lowest BCUT2D eigenvalue weighted by atomic mass is 10.2. The van der Waals surface area contributed by atoms with E-state index in [0.717, 1.165) is 24.6 Å². The van der Waals surface area contributed by atoms with Gasteiger partial charge < -0.3 is 14.8 Å². The summed E-state index contributed by atoms with van der Waals surface area (Å²) >= 11 is 0. The molecule has 0 radical (unpaired) electrons. The molecule has 7 nitrogen and oxygen atoms in total. The first-order chi connectivity index (χ1) is 12.4. The zero-order valence-corrected chi connectivity index (χ0v) is 16.5. The van der Waals surface area contributed by atoms with Crippen molar-refractivity contribution < 1.29 is 8.42 Å². The van der Waals surface area contributed by atoms with Crippen molar-refractivity contribution in [3.05, 3.63) is 53.9 Å². The van der Waals surface area contributed by atoms with Crippen molar-refractivity contribution in [3.8, 4) is 0 Å². The first-order valence-corrected chi connectivity index (χ1v) is 9.98. The Kier molecular flexibility index (Phi) is 6.82. The molecule has 0 fully saturated rings. The number of sulfonamides is 1. The van der Waals surface area contributed by atoms with Gasteiger partial charge in [0.1, 0.15) is 0 Å². The highest BCUT2D eigenvalue weighted by molar-refractivity contribution is 7.89. The van der Waals surface area contributed by atoms with Gasteiger partial charge in [-0.2, -0.15) is 0 Å². The standard InChI is InChI=1S/C18H27N5O2S/c1-5-20-18(23(4)14-16-9-7-11-22(16)3)21-13-15-8-6-10-17(12-15)26(24,25)19-2/h6-12,19H,5,13-14H2,1-4H3,(H,20,21). The lowest BCUT2D eigenvalue weighted by molar-refractivity contribution is 0.462. The van der Waals surface area contributed by atoms with E-state index in [1.54, 1.807) is 18.2 Å². The Morgan fingerprint density at radius 2 is 2.04 bits per heavy atom. The molecule has 2 N–H and O–H groups in total. The number of aryl methyl sites for hydroxylation is 1. The molecule has 2 rings (SSSR count). The molecule has 0 aliphatic rings. The number of nitrogens with one attached hydrogen (secondary N) is 2. The number of benzene rings is 1. The molecule has 0 amide bonds. The molecule has 26 heavy (non-hydrogen) atoms. The molecule has 0 unspecified atom stereocenters. The van der Waals surface area contributed by atoms with Gasteiger partial charge in [-0.05, 0) is 43.8 Å². The zero-order chi connectivity index (χ0) is 19.2. The van der Waals surface area contributed by atoms with Crippen LogP contribution in [0.15, 0.2) is 52.5 Å². The Labute approximate surface area is 155 Å². The molecule has 0 spiro atoms. The third-order valence-electron chi connectivity index (χ3n) is 4.04. The van der Waals surface area contributed by atoms with Gasteiger partial charge in [-0.1, -0.05) is 12.1 Å². The van der Waals surface area contributed by atoms with Gasteiger partial charge in [0.15, 0.2) is 5.96 Å². The number of hydrogen-bond donors (Lipinski definition) is 2. The molecule has 0 saturated heterocycles. The van der Waals surface area contributed by atoms with Gasteiger partial charge in [-0.25, -0.2) is 18.1 Å². The van der Waals surface area contributed by atoms with Crippen LogP contribution in [0.5, 0.6) is 0 Å². The largest absolute Gasteiger partial charge is 0.357 e. The normalized spacial score (nSPS) is 12.2. The van der Waals surface area contributed by atoms with Crippen LogP contribution >= 0.6 is 0 Å². The fourth-order valence-corrected chi connectivity index (χ4v) is 3.34. The van der Waals surface area contributed by atoms with Crippen LogP contribution in [-0.4, -0.2) is 44.5 Å². The molecule has 142 valence electrons. The van der Waals surface area contributed by atoms with Crippen molar-refractivity contribution in [2.24, 2.45) is 12.0 Å². The second-order valence-electron chi connectivity index (χ2n) is 5.99. The Morgan fingerprint density at radius 3 is 2.65 bits per heavy atom. The average molecular weight is 378 g/mol. The SMILES string of the molecule is CCNC(=NCc1cccc(S(=O)(=O)NC)c1)N(C)Cc1cccn1C. The van der Waals surface area contributed by atoms with E-state index in [2.05, 4.69) is 25.7 Å². The minimum atomic E-state index is -3.45. The summed E-state index contributed by atoms with van der Waals surface area (Å²) in [6, 6.07) is 10.9. The second-order valence-corrected chi connectivity index (χ2v) is 7.88. The molecule has 0 saturated carbocycles. The number of hydrogen-bond acceptors (Lipinski definition) is 3. The highest BCUT2D eigenvalue weighted by atomic mass is 32.2. The molecule has 0 atom stereocenters. The molecule has 1 heterocycles. The van der Waals surface area contributed by atoms with Crippen molar-refractivity contribution in [1.29, 1.82) is 0 Å². The van der Waals surface area contributed by atoms with E-state index in [-0.39, 0.29) is 4.90 Å². The fraction of sp³-hybridized carbons (Fsp3) is 0.389. The summed E-state index contributed by atoms with van der Waals surface area (Å²) in [5.41, 5.74) is 2.02. The van der Waals surface area contributed by atoms with E-state index in [4.69, 9.17) is 0 Å². The highest BCUT2D eigenvalue weighted by Gasteiger charge is 2.12. The monoisotopic (exact) mass is 377 g/mol. The van der Waals surface area contributed by atoms with Crippen molar-refractivity contribution in [3.63, 3.8) is 0 Å². The number of aliphatic imine (C=N–C) groups is 1. The molecule has 2 aromatic rings. The van der Waals surface area contributed by atoms with Crippen molar-refractivity contribution in [2.45, 2.75) is 24.9 Å². The second kappa shape index (κ2) is 8.86. The fourth-order valence-electron chi connectivity index (χ4n) is 2.54. The van der Waals surface area contributed by atoms with E-state index < -0.39 is 10.0 Å². The number of guanidine groups is 1. The molecule has 1 aromatic heterocycles.